The van der Waals surface area contributed by atoms with Gasteiger partial charge in [0.15, 0.2) is 0 Å². The molecular weight excluding hydrogens is 266 g/mol. The number of carbonyl (C=O) groups is 2. The molecule has 0 saturated carbocycles. The summed E-state index contributed by atoms with van der Waals surface area (Å²) in [7, 11) is 0. The number of likely N-dealkylation sites (tertiary alicyclic amines) is 1. The molecule has 1 aliphatic heterocycles. The molecule has 0 aromatic heterocycles. The third-order valence-electron chi connectivity index (χ3n) is 3.91. The lowest BCUT2D eigenvalue weighted by Crippen LogP contribution is -2.44. The Morgan fingerprint density at radius 3 is 2.71 bits per heavy atom. The zero-order valence-electron chi connectivity index (χ0n) is 12.5. The van der Waals surface area contributed by atoms with Crippen molar-refractivity contribution in [2.45, 2.75) is 32.2 Å². The van der Waals surface area contributed by atoms with Crippen LogP contribution in [0.4, 0.5) is 0 Å². The lowest BCUT2D eigenvalue weighted by molar-refractivity contribution is -0.133. The summed E-state index contributed by atoms with van der Waals surface area (Å²) in [5, 5.41) is 2.55. The van der Waals surface area contributed by atoms with Crippen LogP contribution in [0.5, 0.6) is 0 Å². The van der Waals surface area contributed by atoms with Crippen molar-refractivity contribution in [3.8, 4) is 0 Å². The van der Waals surface area contributed by atoms with Gasteiger partial charge in [-0.25, -0.2) is 0 Å². The monoisotopic (exact) mass is 289 g/mol. The zero-order valence-corrected chi connectivity index (χ0v) is 12.5. The second-order valence-electron chi connectivity index (χ2n) is 5.55. The van der Waals surface area contributed by atoms with Crippen molar-refractivity contribution < 1.29 is 9.59 Å². The van der Waals surface area contributed by atoms with E-state index in [2.05, 4.69) is 36.5 Å². The molecule has 114 valence electrons. The van der Waals surface area contributed by atoms with E-state index in [-0.39, 0.29) is 30.9 Å². The van der Waals surface area contributed by atoms with E-state index in [1.54, 1.807) is 0 Å². The number of benzene rings is 1. The molecule has 3 N–H and O–H groups in total. The fourth-order valence-corrected chi connectivity index (χ4v) is 2.72. The largest absolute Gasteiger partial charge is 0.346 e. The number of nitrogens with two attached hydrogens (primary N) is 1. The first-order valence-electron chi connectivity index (χ1n) is 7.42. The van der Waals surface area contributed by atoms with Crippen molar-refractivity contribution in [2.24, 2.45) is 5.73 Å². The van der Waals surface area contributed by atoms with Gasteiger partial charge >= 0.3 is 0 Å². The van der Waals surface area contributed by atoms with Gasteiger partial charge in [-0.3, -0.25) is 9.59 Å². The molecule has 1 unspecified atom stereocenters. The first kappa shape index (κ1) is 15.5. The topological polar surface area (TPSA) is 75.4 Å². The van der Waals surface area contributed by atoms with E-state index in [4.69, 9.17) is 5.73 Å². The SMILES string of the molecule is Cc1ccc(CC2CCCN2C(=O)CNC(=O)CN)cc1. The Labute approximate surface area is 125 Å². The van der Waals surface area contributed by atoms with Gasteiger partial charge in [-0.2, -0.15) is 0 Å². The molecular formula is C16H23N3O2. The van der Waals surface area contributed by atoms with E-state index in [1.807, 2.05) is 4.90 Å². The van der Waals surface area contributed by atoms with Gasteiger partial charge in [0, 0.05) is 12.6 Å². The average molecular weight is 289 g/mol. The molecule has 1 atom stereocenters. The Morgan fingerprint density at radius 1 is 1.33 bits per heavy atom. The van der Waals surface area contributed by atoms with Crippen LogP contribution in [0, 0.1) is 6.92 Å². The number of rotatable bonds is 5. The molecule has 2 amide bonds. The van der Waals surface area contributed by atoms with Gasteiger partial charge in [0.25, 0.3) is 0 Å². The summed E-state index contributed by atoms with van der Waals surface area (Å²) in [6.07, 6.45) is 2.91. The number of carbonyl (C=O) groups excluding carboxylic acids is 2. The molecule has 0 bridgehead atoms. The second kappa shape index (κ2) is 7.22. The first-order valence-corrected chi connectivity index (χ1v) is 7.42. The zero-order chi connectivity index (χ0) is 15.2. The Bertz CT molecular complexity index is 499. The van der Waals surface area contributed by atoms with Crippen LogP contribution in [0.1, 0.15) is 24.0 Å². The van der Waals surface area contributed by atoms with E-state index >= 15 is 0 Å². The Kier molecular flexibility index (Phi) is 5.33. The predicted molar refractivity (Wildman–Crippen MR) is 81.7 cm³/mol. The van der Waals surface area contributed by atoms with Crippen LogP contribution >= 0.6 is 0 Å². The molecule has 1 aliphatic rings. The van der Waals surface area contributed by atoms with Crippen LogP contribution in [0.3, 0.4) is 0 Å². The number of nitrogens with zero attached hydrogens (tertiary/aromatic N) is 1. The molecule has 0 radical (unpaired) electrons. The molecule has 1 heterocycles. The summed E-state index contributed by atoms with van der Waals surface area (Å²) in [5.74, 6) is -0.316. The van der Waals surface area contributed by atoms with Crippen LogP contribution < -0.4 is 11.1 Å². The summed E-state index contributed by atoms with van der Waals surface area (Å²) in [4.78, 5) is 25.2. The molecule has 1 fully saturated rings. The maximum Gasteiger partial charge on any atom is 0.242 e. The van der Waals surface area contributed by atoms with E-state index in [1.165, 1.54) is 11.1 Å². The minimum Gasteiger partial charge on any atom is -0.346 e. The smallest absolute Gasteiger partial charge is 0.242 e. The van der Waals surface area contributed by atoms with Gasteiger partial charge in [0.05, 0.1) is 13.1 Å². The van der Waals surface area contributed by atoms with Crippen molar-refractivity contribution in [1.29, 1.82) is 0 Å². The molecule has 2 rings (SSSR count). The van der Waals surface area contributed by atoms with Gasteiger partial charge in [0.2, 0.25) is 11.8 Å². The maximum atomic E-state index is 12.2. The van der Waals surface area contributed by atoms with E-state index in [0.29, 0.717) is 0 Å². The van der Waals surface area contributed by atoms with Gasteiger partial charge in [0.1, 0.15) is 0 Å². The number of hydrogen-bond donors (Lipinski definition) is 2. The quantitative estimate of drug-likeness (QED) is 0.833. The van der Waals surface area contributed by atoms with E-state index < -0.39 is 0 Å². The lowest BCUT2D eigenvalue weighted by atomic mass is 10.0. The van der Waals surface area contributed by atoms with Crippen LogP contribution in [-0.2, 0) is 16.0 Å². The molecule has 0 aliphatic carbocycles. The fraction of sp³-hybridized carbons (Fsp3) is 0.500. The molecule has 21 heavy (non-hydrogen) atoms. The Morgan fingerprint density at radius 2 is 2.05 bits per heavy atom. The summed E-state index contributed by atoms with van der Waals surface area (Å²) in [5.41, 5.74) is 7.70. The van der Waals surface area contributed by atoms with Crippen molar-refractivity contribution >= 4 is 11.8 Å². The van der Waals surface area contributed by atoms with Crippen molar-refractivity contribution in [1.82, 2.24) is 10.2 Å². The molecule has 5 nitrogen and oxygen atoms in total. The van der Waals surface area contributed by atoms with Gasteiger partial charge < -0.3 is 16.0 Å². The van der Waals surface area contributed by atoms with Gasteiger partial charge in [-0.15, -0.1) is 0 Å². The molecule has 1 aromatic carbocycles. The highest BCUT2D eigenvalue weighted by atomic mass is 16.2. The van der Waals surface area contributed by atoms with Crippen molar-refractivity contribution in [3.05, 3.63) is 35.4 Å². The number of nitrogens with one attached hydrogen (secondary N) is 1. The van der Waals surface area contributed by atoms with Crippen LogP contribution in [-0.4, -0.2) is 42.4 Å². The molecule has 5 heteroatoms. The first-order chi connectivity index (χ1) is 10.1. The summed E-state index contributed by atoms with van der Waals surface area (Å²) >= 11 is 0. The number of aryl methyl sites for hydroxylation is 1. The maximum absolute atomic E-state index is 12.2. The van der Waals surface area contributed by atoms with Crippen LogP contribution in [0.2, 0.25) is 0 Å². The summed E-state index contributed by atoms with van der Waals surface area (Å²) in [6.45, 7) is 2.80. The fourth-order valence-electron chi connectivity index (χ4n) is 2.72. The number of hydrogen-bond acceptors (Lipinski definition) is 3. The predicted octanol–water partition coefficient (Wildman–Crippen LogP) is 0.603. The third-order valence-corrected chi connectivity index (χ3v) is 3.91. The third kappa shape index (κ3) is 4.29. The highest BCUT2D eigenvalue weighted by Crippen LogP contribution is 2.21. The highest BCUT2D eigenvalue weighted by Gasteiger charge is 2.28. The van der Waals surface area contributed by atoms with E-state index in [0.717, 1.165) is 25.8 Å². The second-order valence-corrected chi connectivity index (χ2v) is 5.55. The standard InChI is InChI=1S/C16H23N3O2/c1-12-4-6-13(7-5-12)9-14-3-2-8-19(14)16(21)11-18-15(20)10-17/h4-7,14H,2-3,8-11,17H2,1H3,(H,18,20). The lowest BCUT2D eigenvalue weighted by Gasteiger charge is -2.25. The minimum atomic E-state index is -0.294. The van der Waals surface area contributed by atoms with Gasteiger partial charge in [-0.1, -0.05) is 29.8 Å². The average Bonchev–Trinajstić information content (AvgIpc) is 2.95. The van der Waals surface area contributed by atoms with Crippen molar-refractivity contribution in [3.63, 3.8) is 0 Å². The minimum absolute atomic E-state index is 0.0218. The normalized spacial score (nSPS) is 17.8. The summed E-state index contributed by atoms with van der Waals surface area (Å²) in [6, 6.07) is 8.66. The highest BCUT2D eigenvalue weighted by molar-refractivity contribution is 5.85. The summed E-state index contributed by atoms with van der Waals surface area (Å²) < 4.78 is 0. The van der Waals surface area contributed by atoms with Crippen molar-refractivity contribution in [2.75, 3.05) is 19.6 Å². The van der Waals surface area contributed by atoms with Crippen LogP contribution in [0.25, 0.3) is 0 Å². The number of amides is 2. The molecule has 1 saturated heterocycles. The van der Waals surface area contributed by atoms with Crippen LogP contribution in [0.15, 0.2) is 24.3 Å². The molecule has 0 spiro atoms. The molecule has 1 aromatic rings. The van der Waals surface area contributed by atoms with Gasteiger partial charge in [-0.05, 0) is 31.7 Å². The Hall–Kier alpha value is -1.88. The Balaban J connectivity index is 1.91. The van der Waals surface area contributed by atoms with E-state index in [9.17, 15) is 9.59 Å².